The van der Waals surface area contributed by atoms with Crippen molar-refractivity contribution in [3.63, 3.8) is 0 Å². The van der Waals surface area contributed by atoms with Crippen LogP contribution in [0.4, 0.5) is 0 Å². The summed E-state index contributed by atoms with van der Waals surface area (Å²) in [5.74, 6) is 0. The maximum Gasteiger partial charge on any atom is 0.240 e. The minimum Gasteiger partial charge on any atom is -0.209 e. The van der Waals surface area contributed by atoms with Crippen molar-refractivity contribution in [2.24, 2.45) is 0 Å². The lowest BCUT2D eigenvalue weighted by Gasteiger charge is -2.09. The number of rotatable bonds is 3. The molecule has 1 aliphatic carbocycles. The Labute approximate surface area is 107 Å². The second-order valence-electron chi connectivity index (χ2n) is 4.40. The molecule has 0 heterocycles. The van der Waals surface area contributed by atoms with Crippen molar-refractivity contribution in [3.05, 3.63) is 46.5 Å². The number of fused-ring (bicyclic) bond motifs is 1. The van der Waals surface area contributed by atoms with Crippen molar-refractivity contribution in [1.29, 1.82) is 0 Å². The van der Waals surface area contributed by atoms with Gasteiger partial charge in [0.25, 0.3) is 0 Å². The van der Waals surface area contributed by atoms with Crippen molar-refractivity contribution in [3.8, 4) is 0 Å². The highest BCUT2D eigenvalue weighted by atomic mass is 32.2. The molecule has 18 heavy (non-hydrogen) atoms. The Morgan fingerprint density at radius 1 is 1.11 bits per heavy atom. The number of benzene rings is 1. The van der Waals surface area contributed by atoms with Crippen molar-refractivity contribution >= 4 is 22.2 Å². The van der Waals surface area contributed by atoms with Gasteiger partial charge >= 0.3 is 0 Å². The molecule has 0 atom stereocenters. The fourth-order valence-corrected chi connectivity index (χ4v) is 3.01. The van der Waals surface area contributed by atoms with Crippen molar-refractivity contribution in [2.45, 2.75) is 24.8 Å². The minimum atomic E-state index is -3.43. The molecule has 1 aromatic carbocycles. The van der Waals surface area contributed by atoms with E-state index in [1.54, 1.807) is 38.1 Å². The van der Waals surface area contributed by atoms with Crippen LogP contribution in [-0.4, -0.2) is 14.5 Å². The molecule has 0 unspecified atom stereocenters. The van der Waals surface area contributed by atoms with Gasteiger partial charge in [0, 0.05) is 6.04 Å². The van der Waals surface area contributed by atoms with Crippen LogP contribution in [0.5, 0.6) is 0 Å². The first-order valence-electron chi connectivity index (χ1n) is 5.74. The van der Waals surface area contributed by atoms with Gasteiger partial charge in [-0.2, -0.15) is 0 Å². The second kappa shape index (κ2) is 4.94. The molecule has 0 aliphatic heterocycles. The van der Waals surface area contributed by atoms with Crippen LogP contribution in [0.25, 0.3) is 12.2 Å². The van der Waals surface area contributed by atoms with E-state index in [9.17, 15) is 8.42 Å². The minimum absolute atomic E-state index is 0.120. The van der Waals surface area contributed by atoms with Gasteiger partial charge in [0.2, 0.25) is 10.0 Å². The molecule has 0 saturated carbocycles. The topological polar surface area (TPSA) is 46.2 Å². The molecule has 0 radical (unpaired) electrons. The summed E-state index contributed by atoms with van der Waals surface area (Å²) in [5.41, 5.74) is 2.96. The zero-order chi connectivity index (χ0) is 13.2. The Kier molecular flexibility index (Phi) is 3.53. The monoisotopic (exact) mass is 261 g/mol. The van der Waals surface area contributed by atoms with Crippen LogP contribution in [-0.2, 0) is 10.0 Å². The van der Waals surface area contributed by atoms with Gasteiger partial charge in [0.1, 0.15) is 0 Å². The smallest absolute Gasteiger partial charge is 0.209 e. The lowest BCUT2D eigenvalue weighted by molar-refractivity contribution is 0.570. The Morgan fingerprint density at radius 2 is 1.78 bits per heavy atom. The summed E-state index contributed by atoms with van der Waals surface area (Å²) in [7, 11) is -3.43. The normalized spacial score (nSPS) is 13.7. The molecule has 0 amide bonds. The molecular weight excluding hydrogens is 246 g/mol. The average molecular weight is 261 g/mol. The van der Waals surface area contributed by atoms with Crippen LogP contribution in [0.3, 0.4) is 0 Å². The van der Waals surface area contributed by atoms with Crippen LogP contribution in [0.1, 0.15) is 13.8 Å². The zero-order valence-electron chi connectivity index (χ0n) is 10.3. The van der Waals surface area contributed by atoms with E-state index in [0.29, 0.717) is 0 Å². The highest BCUT2D eigenvalue weighted by molar-refractivity contribution is 7.89. The highest BCUT2D eigenvalue weighted by Crippen LogP contribution is 2.04. The van der Waals surface area contributed by atoms with E-state index in [0.717, 1.165) is 10.4 Å². The van der Waals surface area contributed by atoms with Crippen molar-refractivity contribution in [2.75, 3.05) is 0 Å². The fraction of sp³-hybridized carbons (Fsp3) is 0.214. The molecule has 2 rings (SSSR count). The SMILES string of the molecule is CC(C)NS(=O)(=O)c1ccc2c(c1)=CC=C=CC=2. The molecule has 4 heteroatoms. The van der Waals surface area contributed by atoms with E-state index in [1.807, 2.05) is 18.2 Å². The van der Waals surface area contributed by atoms with E-state index in [4.69, 9.17) is 0 Å². The predicted molar refractivity (Wildman–Crippen MR) is 72.7 cm³/mol. The summed E-state index contributed by atoms with van der Waals surface area (Å²) in [5, 5.41) is 1.86. The van der Waals surface area contributed by atoms with Gasteiger partial charge in [-0.1, -0.05) is 6.07 Å². The van der Waals surface area contributed by atoms with Gasteiger partial charge in [-0.15, -0.1) is 5.73 Å². The lowest BCUT2D eigenvalue weighted by atomic mass is 10.2. The van der Waals surface area contributed by atoms with Crippen molar-refractivity contribution < 1.29 is 8.42 Å². The molecule has 0 bridgehead atoms. The van der Waals surface area contributed by atoms with Crippen molar-refractivity contribution in [1.82, 2.24) is 4.72 Å². The first-order valence-corrected chi connectivity index (χ1v) is 7.23. The maximum atomic E-state index is 12.0. The number of hydrogen-bond donors (Lipinski definition) is 1. The van der Waals surface area contributed by atoms with Crippen LogP contribution >= 0.6 is 0 Å². The standard InChI is InChI=1S/C14H15NO2S/c1-11(2)15-18(16,17)14-9-8-12-6-4-3-5-7-13(12)10-14/h4-11,15H,1-2H3. The lowest BCUT2D eigenvalue weighted by Crippen LogP contribution is -2.32. The van der Waals surface area contributed by atoms with Gasteiger partial charge in [0.05, 0.1) is 4.90 Å². The molecule has 94 valence electrons. The molecule has 0 saturated heterocycles. The first-order chi connectivity index (χ1) is 8.49. The van der Waals surface area contributed by atoms with E-state index in [2.05, 4.69) is 10.5 Å². The van der Waals surface area contributed by atoms with E-state index < -0.39 is 10.0 Å². The number of allylic oxidation sites excluding steroid dienone is 1. The van der Waals surface area contributed by atoms with Gasteiger partial charge in [-0.05, 0) is 60.7 Å². The third-order valence-electron chi connectivity index (χ3n) is 2.48. The summed E-state index contributed by atoms with van der Waals surface area (Å²) in [6, 6.07) is 4.98. The molecule has 1 aromatic rings. The Bertz CT molecular complexity index is 736. The van der Waals surface area contributed by atoms with Crippen LogP contribution < -0.4 is 15.2 Å². The summed E-state index contributed by atoms with van der Waals surface area (Å²) in [6.07, 6.45) is 7.34. The first kappa shape index (κ1) is 12.8. The quantitative estimate of drug-likeness (QED) is 0.813. The molecule has 3 nitrogen and oxygen atoms in total. The van der Waals surface area contributed by atoms with Crippen LogP contribution in [0.15, 0.2) is 41.0 Å². The Balaban J connectivity index is 2.55. The van der Waals surface area contributed by atoms with Gasteiger partial charge in [0.15, 0.2) is 0 Å². The number of hydrogen-bond acceptors (Lipinski definition) is 2. The molecular formula is C14H15NO2S. The molecule has 0 aromatic heterocycles. The average Bonchev–Trinajstić information content (AvgIpc) is 2.51. The Hall–Kier alpha value is -1.61. The zero-order valence-corrected chi connectivity index (χ0v) is 11.2. The number of sulfonamides is 1. The third-order valence-corrected chi connectivity index (χ3v) is 4.13. The van der Waals surface area contributed by atoms with Crippen LogP contribution in [0.2, 0.25) is 0 Å². The summed E-state index contributed by atoms with van der Waals surface area (Å²) < 4.78 is 26.7. The summed E-state index contributed by atoms with van der Waals surface area (Å²) in [4.78, 5) is 0.287. The molecule has 1 aliphatic rings. The van der Waals surface area contributed by atoms with Gasteiger partial charge in [-0.25, -0.2) is 13.1 Å². The third kappa shape index (κ3) is 2.79. The Morgan fingerprint density at radius 3 is 2.44 bits per heavy atom. The molecule has 1 N–H and O–H groups in total. The van der Waals surface area contributed by atoms with Gasteiger partial charge in [-0.3, -0.25) is 0 Å². The largest absolute Gasteiger partial charge is 0.240 e. The summed E-state index contributed by atoms with van der Waals surface area (Å²) >= 11 is 0. The maximum absolute atomic E-state index is 12.0. The fourth-order valence-electron chi connectivity index (χ4n) is 1.73. The molecule has 0 spiro atoms. The van der Waals surface area contributed by atoms with E-state index >= 15 is 0 Å². The highest BCUT2D eigenvalue weighted by Gasteiger charge is 2.14. The number of nitrogens with one attached hydrogen (secondary N) is 1. The predicted octanol–water partition coefficient (Wildman–Crippen LogP) is 0.659. The van der Waals surface area contributed by atoms with Gasteiger partial charge < -0.3 is 0 Å². The second-order valence-corrected chi connectivity index (χ2v) is 6.11. The van der Waals surface area contributed by atoms with E-state index in [-0.39, 0.29) is 10.9 Å². The summed E-state index contributed by atoms with van der Waals surface area (Å²) in [6.45, 7) is 3.60. The molecule has 0 fully saturated rings. The van der Waals surface area contributed by atoms with E-state index in [1.165, 1.54) is 0 Å². The van der Waals surface area contributed by atoms with Crippen LogP contribution in [0, 0.1) is 0 Å².